The van der Waals surface area contributed by atoms with Crippen LogP contribution < -0.4 is 0 Å². The summed E-state index contributed by atoms with van der Waals surface area (Å²) in [4.78, 5) is 26.9. The summed E-state index contributed by atoms with van der Waals surface area (Å²) >= 11 is -0.582. The van der Waals surface area contributed by atoms with Gasteiger partial charge in [0, 0.05) is 16.7 Å². The number of nitrogens with zero attached hydrogens (tertiary/aromatic N) is 1. The summed E-state index contributed by atoms with van der Waals surface area (Å²) in [6, 6.07) is 4.75. The molecule has 2 rings (SSSR count). The number of aromatic nitrogens is 1. The molecule has 11 heteroatoms. The number of carbonyl (C=O) groups excluding carboxylic acids is 1. The lowest BCUT2D eigenvalue weighted by Gasteiger charge is -2.14. The minimum Gasteiger partial charge on any atom is -0.506 e. The first-order valence-electron chi connectivity index (χ1n) is 7.09. The maximum Gasteiger partial charge on any atom is 0.446 e. The van der Waals surface area contributed by atoms with Gasteiger partial charge in [-0.1, -0.05) is 18.2 Å². The fourth-order valence-electron chi connectivity index (χ4n) is 2.23. The Labute approximate surface area is 152 Å². The highest BCUT2D eigenvalue weighted by Gasteiger charge is 2.34. The Bertz CT molecular complexity index is 872. The van der Waals surface area contributed by atoms with Crippen molar-refractivity contribution in [3.63, 3.8) is 0 Å². The highest BCUT2D eigenvalue weighted by atomic mass is 32.2. The zero-order chi connectivity index (χ0) is 20.4. The number of ketones is 1. The summed E-state index contributed by atoms with van der Waals surface area (Å²) < 4.78 is 62.6. The number of rotatable bonds is 6. The van der Waals surface area contributed by atoms with Crippen molar-refractivity contribution in [1.82, 2.24) is 4.98 Å². The number of carbonyl (C=O) groups is 2. The third kappa shape index (κ3) is 5.16. The number of Topliss-reactive ketones (excluding diaryl/α,β-unsaturated/α-hetero) is 1. The second kappa shape index (κ2) is 7.91. The number of pyridine rings is 1. The first-order chi connectivity index (χ1) is 12.5. The van der Waals surface area contributed by atoms with Crippen LogP contribution in [-0.2, 0) is 4.79 Å². The third-order valence-electron chi connectivity index (χ3n) is 3.31. The molecule has 0 aliphatic heterocycles. The van der Waals surface area contributed by atoms with Gasteiger partial charge in [0.25, 0.3) is 6.43 Å². The lowest BCUT2D eigenvalue weighted by atomic mass is 9.91. The highest BCUT2D eigenvalue weighted by molar-refractivity contribution is 8.00. The van der Waals surface area contributed by atoms with Gasteiger partial charge >= 0.3 is 11.5 Å². The van der Waals surface area contributed by atoms with E-state index in [0.29, 0.717) is 12.3 Å². The van der Waals surface area contributed by atoms with Gasteiger partial charge in [0.1, 0.15) is 17.4 Å². The van der Waals surface area contributed by atoms with Gasteiger partial charge in [-0.25, -0.2) is 13.8 Å². The van der Waals surface area contributed by atoms with Gasteiger partial charge in [-0.2, -0.15) is 13.2 Å². The first kappa shape index (κ1) is 20.6. The summed E-state index contributed by atoms with van der Waals surface area (Å²) in [5, 5.41) is 19.1. The molecular formula is C16H10F5NO4S. The van der Waals surface area contributed by atoms with Crippen LogP contribution in [0.2, 0.25) is 0 Å². The van der Waals surface area contributed by atoms with Crippen molar-refractivity contribution in [3.05, 3.63) is 53.3 Å². The molecule has 1 aromatic carbocycles. The number of hydrogen-bond donors (Lipinski definition) is 2. The quantitative estimate of drug-likeness (QED) is 0.320. The monoisotopic (exact) mass is 407 g/mol. The summed E-state index contributed by atoms with van der Waals surface area (Å²) in [5.41, 5.74) is -6.23. The number of alkyl halides is 5. The van der Waals surface area contributed by atoms with Gasteiger partial charge in [0.15, 0.2) is 0 Å². The summed E-state index contributed by atoms with van der Waals surface area (Å²) in [6.07, 6.45) is -2.25. The fourth-order valence-corrected chi connectivity index (χ4v) is 2.77. The van der Waals surface area contributed by atoms with E-state index >= 15 is 0 Å². The second-order valence-corrected chi connectivity index (χ2v) is 6.33. The minimum atomic E-state index is -4.65. The standard InChI is InChI=1S/C16H10F5NO4S/c17-14(18)8-3-1-2-7(4-8)11(15(25)26)13(24)12-10(23)5-9(6-22-12)27-16(19,20)21/h1-6,11,14,23H,(H,25,26). The van der Waals surface area contributed by atoms with Gasteiger partial charge in [-0.15, -0.1) is 0 Å². The van der Waals surface area contributed by atoms with E-state index in [-0.39, 0.29) is 5.56 Å². The van der Waals surface area contributed by atoms with Crippen molar-refractivity contribution in [2.24, 2.45) is 0 Å². The molecule has 0 amide bonds. The third-order valence-corrected chi connectivity index (χ3v) is 4.01. The van der Waals surface area contributed by atoms with Crippen molar-refractivity contribution < 1.29 is 41.8 Å². The maximum atomic E-state index is 12.8. The number of halogens is 5. The maximum absolute atomic E-state index is 12.8. The van der Waals surface area contributed by atoms with Crippen LogP contribution in [0, 0.1) is 0 Å². The molecule has 0 aliphatic rings. The Morgan fingerprint density at radius 3 is 2.26 bits per heavy atom. The SMILES string of the molecule is O=C(O)C(C(=O)c1ncc(SC(F)(F)F)cc1O)c1cccc(C(F)F)c1. The van der Waals surface area contributed by atoms with Crippen molar-refractivity contribution >= 4 is 23.5 Å². The molecule has 1 aromatic heterocycles. The van der Waals surface area contributed by atoms with E-state index in [9.17, 15) is 41.8 Å². The van der Waals surface area contributed by atoms with Crippen LogP contribution >= 0.6 is 11.8 Å². The van der Waals surface area contributed by atoms with E-state index in [0.717, 1.165) is 24.3 Å². The fraction of sp³-hybridized carbons (Fsp3) is 0.188. The van der Waals surface area contributed by atoms with Gasteiger partial charge in [0.2, 0.25) is 5.78 Å². The van der Waals surface area contributed by atoms with Crippen molar-refractivity contribution in [3.8, 4) is 5.75 Å². The largest absolute Gasteiger partial charge is 0.506 e. The molecule has 5 nitrogen and oxygen atoms in total. The Kier molecular flexibility index (Phi) is 6.04. The van der Waals surface area contributed by atoms with Crippen LogP contribution in [0.25, 0.3) is 0 Å². The average molecular weight is 407 g/mol. The topological polar surface area (TPSA) is 87.5 Å². The number of carboxylic acids is 1. The smallest absolute Gasteiger partial charge is 0.446 e. The molecule has 0 saturated heterocycles. The lowest BCUT2D eigenvalue weighted by Crippen LogP contribution is -2.23. The van der Waals surface area contributed by atoms with E-state index < -0.39 is 63.3 Å². The number of carboxylic acid groups (broad SMARTS) is 1. The molecule has 0 fully saturated rings. The molecule has 0 saturated carbocycles. The average Bonchev–Trinajstić information content (AvgIpc) is 2.53. The summed E-state index contributed by atoms with van der Waals surface area (Å²) in [6.45, 7) is 0. The molecule has 2 N–H and O–H groups in total. The second-order valence-electron chi connectivity index (χ2n) is 5.19. The van der Waals surface area contributed by atoms with Crippen LogP contribution in [-0.4, -0.2) is 32.5 Å². The molecule has 0 radical (unpaired) electrons. The Morgan fingerprint density at radius 2 is 1.74 bits per heavy atom. The molecule has 27 heavy (non-hydrogen) atoms. The zero-order valence-electron chi connectivity index (χ0n) is 13.1. The molecule has 1 atom stereocenters. The van der Waals surface area contributed by atoms with E-state index in [1.165, 1.54) is 0 Å². The van der Waals surface area contributed by atoms with Crippen LogP contribution in [0.1, 0.15) is 34.0 Å². The van der Waals surface area contributed by atoms with Gasteiger partial charge in [-0.05, 0) is 29.5 Å². The predicted octanol–water partition coefficient (Wildman–Crippen LogP) is 4.39. The molecular weight excluding hydrogens is 397 g/mol. The molecule has 144 valence electrons. The number of hydrogen-bond acceptors (Lipinski definition) is 5. The Morgan fingerprint density at radius 1 is 1.11 bits per heavy atom. The zero-order valence-corrected chi connectivity index (χ0v) is 13.9. The first-order valence-corrected chi connectivity index (χ1v) is 7.91. The van der Waals surface area contributed by atoms with E-state index in [1.54, 1.807) is 0 Å². The molecule has 1 heterocycles. The molecule has 1 unspecified atom stereocenters. The number of thioether (sulfide) groups is 1. The van der Waals surface area contributed by atoms with Gasteiger partial charge < -0.3 is 10.2 Å². The lowest BCUT2D eigenvalue weighted by molar-refractivity contribution is -0.137. The van der Waals surface area contributed by atoms with Crippen molar-refractivity contribution in [2.75, 3.05) is 0 Å². The van der Waals surface area contributed by atoms with Gasteiger partial charge in [0.05, 0.1) is 0 Å². The Hall–Kier alpha value is -2.69. The normalized spacial score (nSPS) is 12.8. The van der Waals surface area contributed by atoms with E-state index in [4.69, 9.17) is 0 Å². The highest BCUT2D eigenvalue weighted by Crippen LogP contribution is 2.38. The van der Waals surface area contributed by atoms with E-state index in [2.05, 4.69) is 4.98 Å². The van der Waals surface area contributed by atoms with Crippen LogP contribution in [0.5, 0.6) is 5.75 Å². The number of aromatic hydroxyl groups is 1. The number of aliphatic carboxylic acids is 1. The minimum absolute atomic E-state index is 0.278. The van der Waals surface area contributed by atoms with Gasteiger partial charge in [-0.3, -0.25) is 9.59 Å². The van der Waals surface area contributed by atoms with Crippen LogP contribution in [0.15, 0.2) is 41.4 Å². The van der Waals surface area contributed by atoms with Crippen LogP contribution in [0.3, 0.4) is 0 Å². The van der Waals surface area contributed by atoms with Crippen molar-refractivity contribution in [2.45, 2.75) is 22.7 Å². The van der Waals surface area contributed by atoms with E-state index in [1.807, 2.05) is 0 Å². The molecule has 0 bridgehead atoms. The molecule has 2 aromatic rings. The van der Waals surface area contributed by atoms with Crippen molar-refractivity contribution in [1.29, 1.82) is 0 Å². The summed E-state index contributed by atoms with van der Waals surface area (Å²) in [5.74, 6) is -5.87. The Balaban J connectivity index is 2.40. The summed E-state index contributed by atoms with van der Waals surface area (Å²) in [7, 11) is 0. The molecule has 0 aliphatic carbocycles. The van der Waals surface area contributed by atoms with Crippen LogP contribution in [0.4, 0.5) is 22.0 Å². The molecule has 0 spiro atoms. The predicted molar refractivity (Wildman–Crippen MR) is 83.9 cm³/mol. The number of benzene rings is 1.